The van der Waals surface area contributed by atoms with E-state index in [9.17, 15) is 19.5 Å². The number of aliphatic hydroxyl groups is 1. The van der Waals surface area contributed by atoms with E-state index < -0.39 is 0 Å². The molecule has 0 aromatic carbocycles. The van der Waals surface area contributed by atoms with Crippen LogP contribution in [0.4, 0.5) is 0 Å². The lowest BCUT2D eigenvalue weighted by molar-refractivity contribution is -0.149. The van der Waals surface area contributed by atoms with Crippen molar-refractivity contribution < 1.29 is 33.7 Å². The number of unbranched alkanes of at least 4 members (excludes halogenated alkanes) is 19. The predicted molar refractivity (Wildman–Crippen MR) is 272 cm³/mol. The fourth-order valence-corrected chi connectivity index (χ4v) is 9.57. The van der Waals surface area contributed by atoms with Gasteiger partial charge in [-0.3, -0.25) is 24.2 Å². The zero-order valence-corrected chi connectivity index (χ0v) is 43.6. The smallest absolute Gasteiger partial charge is 0.305 e. The van der Waals surface area contributed by atoms with Gasteiger partial charge in [0.25, 0.3) is 0 Å². The standard InChI is InChI=1S/C56H108N2O7/c1-5-9-13-17-20-25-35-51(34-24-16-12-8-4)48-63-54(60)41-30-23-32-42-57(46-47-59)44-45-58(53-37-26-21-22-27-38-53)43-33-31-36-52(49-64-55(61)39-28-18-14-10-6-2)50-65-56(62)40-29-19-15-11-7-3/h51-53,59H,5-50H2,1-4H3. The number of carbonyl (C=O) groups excluding carboxylic acids is 3. The number of nitrogens with zero attached hydrogens (tertiary/aromatic N) is 2. The summed E-state index contributed by atoms with van der Waals surface area (Å²) in [7, 11) is 0. The average molecular weight is 921 g/mol. The van der Waals surface area contributed by atoms with Crippen LogP contribution in [0.25, 0.3) is 0 Å². The van der Waals surface area contributed by atoms with E-state index in [4.69, 9.17) is 14.2 Å². The second-order valence-electron chi connectivity index (χ2n) is 20.1. The highest BCUT2D eigenvalue weighted by atomic mass is 16.5. The van der Waals surface area contributed by atoms with Gasteiger partial charge in [0, 0.05) is 50.9 Å². The van der Waals surface area contributed by atoms with Gasteiger partial charge in [-0.05, 0) is 83.2 Å². The van der Waals surface area contributed by atoms with Crippen molar-refractivity contribution in [1.82, 2.24) is 9.80 Å². The zero-order valence-electron chi connectivity index (χ0n) is 43.6. The molecule has 1 aliphatic rings. The van der Waals surface area contributed by atoms with Crippen molar-refractivity contribution in [3.63, 3.8) is 0 Å². The first-order valence-corrected chi connectivity index (χ1v) is 28.4. The van der Waals surface area contributed by atoms with Gasteiger partial charge in [-0.25, -0.2) is 0 Å². The second-order valence-corrected chi connectivity index (χ2v) is 20.1. The maximum atomic E-state index is 12.8. The molecule has 0 aromatic rings. The minimum Gasteiger partial charge on any atom is -0.465 e. The highest BCUT2D eigenvalue weighted by Crippen LogP contribution is 2.24. The van der Waals surface area contributed by atoms with Gasteiger partial charge in [-0.15, -0.1) is 0 Å². The Balaban J connectivity index is 2.65. The van der Waals surface area contributed by atoms with Gasteiger partial charge >= 0.3 is 17.9 Å². The Hall–Kier alpha value is -1.71. The van der Waals surface area contributed by atoms with Crippen molar-refractivity contribution in [2.45, 2.75) is 271 Å². The Morgan fingerprint density at radius 1 is 0.431 bits per heavy atom. The molecule has 0 radical (unpaired) electrons. The van der Waals surface area contributed by atoms with Crippen LogP contribution in [0, 0.1) is 11.8 Å². The number of hydrogen-bond acceptors (Lipinski definition) is 9. The number of hydrogen-bond donors (Lipinski definition) is 1. The minimum absolute atomic E-state index is 0.0171. The Labute approximate surface area is 402 Å². The molecule has 9 nitrogen and oxygen atoms in total. The molecule has 1 unspecified atom stereocenters. The maximum absolute atomic E-state index is 12.8. The first-order chi connectivity index (χ1) is 31.9. The van der Waals surface area contributed by atoms with E-state index in [1.807, 2.05) is 0 Å². The topological polar surface area (TPSA) is 106 Å². The quantitative estimate of drug-likeness (QED) is 0.0276. The van der Waals surface area contributed by atoms with Crippen LogP contribution in [0.5, 0.6) is 0 Å². The van der Waals surface area contributed by atoms with Crippen LogP contribution < -0.4 is 0 Å². The van der Waals surface area contributed by atoms with Crippen LogP contribution in [0.15, 0.2) is 0 Å². The van der Waals surface area contributed by atoms with E-state index in [0.29, 0.717) is 57.6 Å². The fraction of sp³-hybridized carbons (Fsp3) is 0.946. The van der Waals surface area contributed by atoms with Crippen molar-refractivity contribution in [2.75, 3.05) is 59.2 Å². The molecule has 0 amide bonds. The van der Waals surface area contributed by atoms with Crippen LogP contribution in [0.1, 0.15) is 265 Å². The highest BCUT2D eigenvalue weighted by Gasteiger charge is 2.22. The number of aliphatic hydroxyl groups excluding tert-OH is 1. The van der Waals surface area contributed by atoms with Crippen LogP contribution in [-0.4, -0.2) is 98.0 Å². The van der Waals surface area contributed by atoms with E-state index in [2.05, 4.69) is 37.5 Å². The maximum Gasteiger partial charge on any atom is 0.305 e. The van der Waals surface area contributed by atoms with Gasteiger partial charge in [0.2, 0.25) is 0 Å². The third-order valence-electron chi connectivity index (χ3n) is 14.0. The van der Waals surface area contributed by atoms with E-state index in [0.717, 1.165) is 103 Å². The number of esters is 3. The van der Waals surface area contributed by atoms with Crippen LogP contribution in [0.2, 0.25) is 0 Å². The average Bonchev–Trinajstić information content (AvgIpc) is 3.60. The first kappa shape index (κ1) is 61.3. The van der Waals surface area contributed by atoms with Gasteiger partial charge in [0.1, 0.15) is 0 Å². The first-order valence-electron chi connectivity index (χ1n) is 28.4. The lowest BCUT2D eigenvalue weighted by Crippen LogP contribution is -2.42. The SMILES string of the molecule is CCCCCCCCC(CCCCCC)COC(=O)CCCCCN(CCO)CCN(CCCCC(COC(=O)CCCCCCC)COC(=O)CCCCCCC)C1CCCCCC1. The molecule has 384 valence electrons. The van der Waals surface area contributed by atoms with E-state index >= 15 is 0 Å². The molecule has 1 rings (SSSR count). The molecule has 0 spiro atoms. The summed E-state index contributed by atoms with van der Waals surface area (Å²) in [5.41, 5.74) is 0. The third kappa shape index (κ3) is 37.9. The Morgan fingerprint density at radius 2 is 0.815 bits per heavy atom. The summed E-state index contributed by atoms with van der Waals surface area (Å²) in [6.07, 6.45) is 41.2. The van der Waals surface area contributed by atoms with Gasteiger partial charge in [0.05, 0.1) is 26.4 Å². The molecule has 0 bridgehead atoms. The summed E-state index contributed by atoms with van der Waals surface area (Å²) < 4.78 is 17.4. The monoisotopic (exact) mass is 921 g/mol. The molecule has 0 heterocycles. The lowest BCUT2D eigenvalue weighted by Gasteiger charge is -2.33. The summed E-state index contributed by atoms with van der Waals surface area (Å²) >= 11 is 0. The molecule has 65 heavy (non-hydrogen) atoms. The molecule has 0 saturated heterocycles. The number of rotatable bonds is 47. The van der Waals surface area contributed by atoms with Gasteiger partial charge in [-0.1, -0.05) is 182 Å². The number of ether oxygens (including phenoxy) is 3. The molecule has 1 aliphatic carbocycles. The van der Waals surface area contributed by atoms with E-state index in [-0.39, 0.29) is 30.4 Å². The minimum atomic E-state index is -0.130. The van der Waals surface area contributed by atoms with Gasteiger partial charge in [-0.2, -0.15) is 0 Å². The normalized spacial score (nSPS) is 14.0. The molecule has 1 atom stereocenters. The molecular weight excluding hydrogens is 813 g/mol. The Morgan fingerprint density at radius 3 is 1.31 bits per heavy atom. The van der Waals surface area contributed by atoms with Crippen molar-refractivity contribution in [3.05, 3.63) is 0 Å². The van der Waals surface area contributed by atoms with E-state index in [1.165, 1.54) is 141 Å². The molecular formula is C56H108N2O7. The van der Waals surface area contributed by atoms with Crippen LogP contribution in [0.3, 0.4) is 0 Å². The fourth-order valence-electron chi connectivity index (χ4n) is 9.57. The second kappa shape index (κ2) is 46.0. The van der Waals surface area contributed by atoms with Gasteiger partial charge < -0.3 is 19.3 Å². The van der Waals surface area contributed by atoms with Crippen molar-refractivity contribution >= 4 is 17.9 Å². The van der Waals surface area contributed by atoms with Crippen molar-refractivity contribution in [2.24, 2.45) is 11.8 Å². The van der Waals surface area contributed by atoms with Crippen LogP contribution in [-0.2, 0) is 28.6 Å². The Kier molecular flexibility index (Phi) is 43.4. The third-order valence-corrected chi connectivity index (χ3v) is 14.0. The lowest BCUT2D eigenvalue weighted by atomic mass is 9.95. The molecule has 0 aliphatic heterocycles. The summed E-state index contributed by atoms with van der Waals surface area (Å²) in [4.78, 5) is 43.2. The predicted octanol–water partition coefficient (Wildman–Crippen LogP) is 14.3. The van der Waals surface area contributed by atoms with Gasteiger partial charge in [0.15, 0.2) is 0 Å². The Bertz CT molecular complexity index is 1040. The molecule has 1 N–H and O–H groups in total. The molecule has 9 heteroatoms. The summed E-state index contributed by atoms with van der Waals surface area (Å²) in [5.74, 6) is 0.222. The van der Waals surface area contributed by atoms with E-state index in [1.54, 1.807) is 0 Å². The summed E-state index contributed by atoms with van der Waals surface area (Å²) in [5, 5.41) is 10.00. The van der Waals surface area contributed by atoms with Crippen molar-refractivity contribution in [3.8, 4) is 0 Å². The van der Waals surface area contributed by atoms with Crippen molar-refractivity contribution in [1.29, 1.82) is 0 Å². The molecule has 1 saturated carbocycles. The largest absolute Gasteiger partial charge is 0.465 e. The zero-order chi connectivity index (χ0) is 47.3. The van der Waals surface area contributed by atoms with Crippen LogP contribution >= 0.6 is 0 Å². The molecule has 0 aromatic heterocycles. The summed E-state index contributed by atoms with van der Waals surface area (Å²) in [6, 6.07) is 0.591. The number of carbonyl (C=O) groups is 3. The highest BCUT2D eigenvalue weighted by molar-refractivity contribution is 5.70. The summed E-state index contributed by atoms with van der Waals surface area (Å²) in [6.45, 7) is 14.9. The molecule has 1 fully saturated rings.